The van der Waals surface area contributed by atoms with E-state index in [2.05, 4.69) is 10.6 Å². The van der Waals surface area contributed by atoms with Gasteiger partial charge in [0.25, 0.3) is 0 Å². The van der Waals surface area contributed by atoms with Crippen LogP contribution in [-0.4, -0.2) is 54.1 Å². The zero-order chi connectivity index (χ0) is 24.1. The molecule has 0 bridgehead atoms. The van der Waals surface area contributed by atoms with Crippen molar-refractivity contribution in [3.05, 3.63) is 35.9 Å². The second-order valence-electron chi connectivity index (χ2n) is 6.95. The Morgan fingerprint density at radius 3 is 2.00 bits per heavy atom. The summed E-state index contributed by atoms with van der Waals surface area (Å²) in [7, 11) is 0. The van der Waals surface area contributed by atoms with E-state index in [0.717, 1.165) is 5.56 Å². The van der Waals surface area contributed by atoms with Gasteiger partial charge in [0.15, 0.2) is 0 Å². The fourth-order valence-corrected chi connectivity index (χ4v) is 2.93. The molecule has 0 unspecified atom stereocenters. The van der Waals surface area contributed by atoms with Gasteiger partial charge in [-0.05, 0) is 26.3 Å². The molecule has 0 fully saturated rings. The minimum Gasteiger partial charge on any atom is -0.480 e. The summed E-state index contributed by atoms with van der Waals surface area (Å²) in [5.74, 6) is -5.86. The zero-order valence-corrected chi connectivity index (χ0v) is 18.5. The van der Waals surface area contributed by atoms with Gasteiger partial charge in [0.2, 0.25) is 11.8 Å². The summed E-state index contributed by atoms with van der Waals surface area (Å²) < 4.78 is 9.64. The quantitative estimate of drug-likeness (QED) is 0.381. The lowest BCUT2D eigenvalue weighted by Gasteiger charge is -2.23. The molecule has 0 aromatic heterocycles. The molecule has 176 valence electrons. The summed E-state index contributed by atoms with van der Waals surface area (Å²) in [6.07, 6.45) is -1.05. The Kier molecular flexibility index (Phi) is 11.5. The van der Waals surface area contributed by atoms with Crippen LogP contribution in [0.1, 0.15) is 51.6 Å². The van der Waals surface area contributed by atoms with Crippen LogP contribution in [0.15, 0.2) is 30.3 Å². The number of carbonyl (C=O) groups is 5. The molecule has 0 spiro atoms. The first kappa shape index (κ1) is 26.6. The average molecular weight is 450 g/mol. The van der Waals surface area contributed by atoms with Crippen molar-refractivity contribution in [3.63, 3.8) is 0 Å². The molecule has 10 nitrogen and oxygen atoms in total. The molecule has 0 heterocycles. The molecule has 0 radical (unpaired) electrons. The molecule has 2 amide bonds. The van der Waals surface area contributed by atoms with Crippen molar-refractivity contribution >= 4 is 29.7 Å². The maximum absolute atomic E-state index is 12.3. The van der Waals surface area contributed by atoms with E-state index >= 15 is 0 Å². The number of carboxylic acids is 1. The van der Waals surface area contributed by atoms with Crippen LogP contribution in [0.5, 0.6) is 0 Å². The van der Waals surface area contributed by atoms with Gasteiger partial charge in [-0.15, -0.1) is 0 Å². The minimum atomic E-state index is -1.71. The predicted molar refractivity (Wildman–Crippen MR) is 113 cm³/mol. The fraction of sp³-hybridized carbons (Fsp3) is 0.500. The van der Waals surface area contributed by atoms with E-state index in [1.165, 1.54) is 6.92 Å². The maximum Gasteiger partial charge on any atom is 0.327 e. The van der Waals surface area contributed by atoms with Crippen LogP contribution in [0.25, 0.3) is 0 Å². The number of ether oxygens (including phenoxy) is 2. The van der Waals surface area contributed by atoms with Crippen LogP contribution < -0.4 is 10.6 Å². The second kappa shape index (κ2) is 13.8. The molecule has 1 aromatic rings. The molecule has 32 heavy (non-hydrogen) atoms. The first-order chi connectivity index (χ1) is 15.2. The van der Waals surface area contributed by atoms with Crippen LogP contribution in [0.2, 0.25) is 0 Å². The molecular weight excluding hydrogens is 420 g/mol. The molecule has 0 saturated carbocycles. The lowest BCUT2D eigenvalue weighted by Crippen LogP contribution is -2.50. The molecule has 0 aliphatic rings. The van der Waals surface area contributed by atoms with Gasteiger partial charge in [-0.1, -0.05) is 30.3 Å². The number of rotatable bonds is 13. The topological polar surface area (TPSA) is 148 Å². The van der Waals surface area contributed by atoms with E-state index < -0.39 is 48.1 Å². The highest BCUT2D eigenvalue weighted by Gasteiger charge is 2.38. The number of aliphatic carboxylic acids is 1. The Labute approximate surface area is 186 Å². The maximum atomic E-state index is 12.3. The Morgan fingerprint density at radius 2 is 1.47 bits per heavy atom. The smallest absolute Gasteiger partial charge is 0.327 e. The van der Waals surface area contributed by atoms with E-state index in [1.54, 1.807) is 13.8 Å². The molecule has 10 heteroatoms. The number of hydrogen-bond acceptors (Lipinski definition) is 7. The van der Waals surface area contributed by atoms with E-state index in [0.29, 0.717) is 0 Å². The van der Waals surface area contributed by atoms with Gasteiger partial charge in [0.1, 0.15) is 6.04 Å². The van der Waals surface area contributed by atoms with Gasteiger partial charge in [-0.25, -0.2) is 4.79 Å². The number of hydrogen-bond donors (Lipinski definition) is 3. The molecule has 0 saturated heterocycles. The minimum absolute atomic E-state index is 0.0295. The Hall–Kier alpha value is -3.43. The molecule has 1 rings (SSSR count). The SMILES string of the molecule is CCOC(=O)C[C@@H](C(=O)OCC)[C@@H](NC(=O)CCC(=O)N[C@H](C)c1ccccc1)C(=O)O. The number of carboxylic acid groups (broad SMARTS) is 1. The van der Waals surface area contributed by atoms with Crippen LogP contribution >= 0.6 is 0 Å². The molecule has 0 aliphatic carbocycles. The van der Waals surface area contributed by atoms with Gasteiger partial charge in [0, 0.05) is 12.8 Å². The largest absolute Gasteiger partial charge is 0.480 e. The molecule has 3 N–H and O–H groups in total. The Bertz CT molecular complexity index is 796. The van der Waals surface area contributed by atoms with Crippen molar-refractivity contribution in [2.45, 2.75) is 52.1 Å². The number of amides is 2. The van der Waals surface area contributed by atoms with Crippen molar-refractivity contribution in [2.75, 3.05) is 13.2 Å². The van der Waals surface area contributed by atoms with Gasteiger partial charge >= 0.3 is 17.9 Å². The molecule has 1 aromatic carbocycles. The Balaban J connectivity index is 2.72. The first-order valence-electron chi connectivity index (χ1n) is 10.4. The molecule has 0 aliphatic heterocycles. The number of benzene rings is 1. The zero-order valence-electron chi connectivity index (χ0n) is 18.5. The summed E-state index contributed by atoms with van der Waals surface area (Å²) >= 11 is 0. The first-order valence-corrected chi connectivity index (χ1v) is 10.4. The van der Waals surface area contributed by atoms with Crippen LogP contribution in [0, 0.1) is 5.92 Å². The van der Waals surface area contributed by atoms with E-state index in [1.807, 2.05) is 30.3 Å². The van der Waals surface area contributed by atoms with E-state index in [4.69, 9.17) is 9.47 Å². The van der Waals surface area contributed by atoms with Crippen molar-refractivity contribution in [3.8, 4) is 0 Å². The average Bonchev–Trinajstić information content (AvgIpc) is 2.75. The number of carbonyl (C=O) groups excluding carboxylic acids is 4. The summed E-state index contributed by atoms with van der Waals surface area (Å²) in [6.45, 7) is 4.92. The normalized spacial score (nSPS) is 13.2. The summed E-state index contributed by atoms with van der Waals surface area (Å²) in [4.78, 5) is 60.2. The van der Waals surface area contributed by atoms with Crippen molar-refractivity contribution < 1.29 is 38.6 Å². The Morgan fingerprint density at radius 1 is 0.906 bits per heavy atom. The van der Waals surface area contributed by atoms with Crippen LogP contribution in [-0.2, 0) is 33.4 Å². The summed E-state index contributed by atoms with van der Waals surface area (Å²) in [5.41, 5.74) is 0.896. The third-order valence-corrected chi connectivity index (χ3v) is 4.52. The standard InChI is InChI=1S/C22H30N2O8/c1-4-31-19(27)13-16(22(30)32-5-2)20(21(28)29)24-18(26)12-11-17(25)23-14(3)15-9-7-6-8-10-15/h6-10,14,16,20H,4-5,11-13H2,1-3H3,(H,23,25)(H,24,26)(H,28,29)/t14-,16-,20-/m1/s1. The number of esters is 2. The van der Waals surface area contributed by atoms with Crippen LogP contribution in [0.3, 0.4) is 0 Å². The third-order valence-electron chi connectivity index (χ3n) is 4.52. The van der Waals surface area contributed by atoms with Gasteiger partial charge in [-0.3, -0.25) is 19.2 Å². The van der Waals surface area contributed by atoms with Crippen molar-refractivity contribution in [1.29, 1.82) is 0 Å². The van der Waals surface area contributed by atoms with E-state index in [9.17, 15) is 29.1 Å². The summed E-state index contributed by atoms with van der Waals surface area (Å²) in [5, 5.41) is 14.5. The van der Waals surface area contributed by atoms with Crippen molar-refractivity contribution in [2.24, 2.45) is 5.92 Å². The van der Waals surface area contributed by atoms with E-state index in [-0.39, 0.29) is 32.1 Å². The van der Waals surface area contributed by atoms with Gasteiger partial charge < -0.3 is 25.2 Å². The van der Waals surface area contributed by atoms with Gasteiger partial charge in [-0.2, -0.15) is 0 Å². The molecular formula is C22H30N2O8. The second-order valence-corrected chi connectivity index (χ2v) is 6.95. The lowest BCUT2D eigenvalue weighted by molar-refractivity contribution is -0.160. The third kappa shape index (κ3) is 9.15. The predicted octanol–water partition coefficient (Wildman–Crippen LogP) is 1.35. The summed E-state index contributed by atoms with van der Waals surface area (Å²) in [6, 6.07) is 7.27. The van der Waals surface area contributed by atoms with Gasteiger partial charge in [0.05, 0.1) is 31.6 Å². The fourth-order valence-electron chi connectivity index (χ4n) is 2.93. The van der Waals surface area contributed by atoms with Crippen molar-refractivity contribution in [1.82, 2.24) is 10.6 Å². The highest BCUT2D eigenvalue weighted by molar-refractivity contribution is 5.91. The lowest BCUT2D eigenvalue weighted by atomic mass is 9.95. The molecule has 3 atom stereocenters. The van der Waals surface area contributed by atoms with Crippen LogP contribution in [0.4, 0.5) is 0 Å². The highest BCUT2D eigenvalue weighted by Crippen LogP contribution is 2.15. The number of nitrogens with one attached hydrogen (secondary N) is 2. The highest BCUT2D eigenvalue weighted by atomic mass is 16.5. The monoisotopic (exact) mass is 450 g/mol.